The SMILES string of the molecule is CC[C@H](O)c1ccc(N2CCC(CN(C)C)CC2)cc1. The van der Waals surface area contributed by atoms with Crippen LogP contribution in [0.3, 0.4) is 0 Å². The number of rotatable bonds is 5. The highest BCUT2D eigenvalue weighted by molar-refractivity contribution is 5.48. The van der Waals surface area contributed by atoms with Gasteiger partial charge in [-0.05, 0) is 57.0 Å². The normalized spacial score (nSPS) is 18.6. The summed E-state index contributed by atoms with van der Waals surface area (Å²) >= 11 is 0. The van der Waals surface area contributed by atoms with E-state index in [4.69, 9.17) is 0 Å². The third-order valence-corrected chi connectivity index (χ3v) is 4.27. The van der Waals surface area contributed by atoms with E-state index in [1.165, 1.54) is 25.1 Å². The van der Waals surface area contributed by atoms with Gasteiger partial charge in [-0.1, -0.05) is 19.1 Å². The Morgan fingerprint density at radius 1 is 1.20 bits per heavy atom. The van der Waals surface area contributed by atoms with Gasteiger partial charge in [-0.25, -0.2) is 0 Å². The Morgan fingerprint density at radius 3 is 2.30 bits per heavy atom. The molecule has 0 aromatic heterocycles. The molecular weight excluding hydrogens is 248 g/mol. The Bertz CT molecular complexity index is 394. The van der Waals surface area contributed by atoms with E-state index in [0.29, 0.717) is 0 Å². The van der Waals surface area contributed by atoms with E-state index < -0.39 is 0 Å². The predicted molar refractivity (Wildman–Crippen MR) is 85.2 cm³/mol. The maximum atomic E-state index is 9.83. The number of anilines is 1. The molecule has 1 atom stereocenters. The fraction of sp³-hybridized carbons (Fsp3) is 0.647. The molecular formula is C17H28N2O. The van der Waals surface area contributed by atoms with Gasteiger partial charge < -0.3 is 14.9 Å². The van der Waals surface area contributed by atoms with Gasteiger partial charge in [0.05, 0.1) is 6.10 Å². The van der Waals surface area contributed by atoms with Crippen molar-refractivity contribution in [1.82, 2.24) is 4.90 Å². The number of benzene rings is 1. The fourth-order valence-electron chi connectivity index (χ4n) is 3.03. The van der Waals surface area contributed by atoms with Gasteiger partial charge in [0.15, 0.2) is 0 Å². The minimum absolute atomic E-state index is 0.324. The van der Waals surface area contributed by atoms with E-state index in [1.807, 2.05) is 6.92 Å². The summed E-state index contributed by atoms with van der Waals surface area (Å²) in [6.45, 7) is 5.51. The van der Waals surface area contributed by atoms with Crippen LogP contribution in [0, 0.1) is 5.92 Å². The molecule has 3 nitrogen and oxygen atoms in total. The summed E-state index contributed by atoms with van der Waals surface area (Å²) in [6.07, 6.45) is 3.00. The molecule has 2 rings (SSSR count). The molecule has 0 unspecified atom stereocenters. The van der Waals surface area contributed by atoms with Gasteiger partial charge >= 0.3 is 0 Å². The van der Waals surface area contributed by atoms with E-state index in [-0.39, 0.29) is 6.10 Å². The molecule has 20 heavy (non-hydrogen) atoms. The molecule has 0 saturated carbocycles. The van der Waals surface area contributed by atoms with Crippen molar-refractivity contribution in [3.63, 3.8) is 0 Å². The molecule has 1 aliphatic rings. The van der Waals surface area contributed by atoms with Crippen molar-refractivity contribution in [1.29, 1.82) is 0 Å². The molecule has 1 aliphatic heterocycles. The van der Waals surface area contributed by atoms with Crippen LogP contribution in [0.4, 0.5) is 5.69 Å². The highest BCUT2D eigenvalue weighted by Gasteiger charge is 2.19. The number of nitrogens with zero attached hydrogens (tertiary/aromatic N) is 2. The standard InChI is InChI=1S/C17H28N2O/c1-4-17(20)15-5-7-16(8-6-15)19-11-9-14(10-12-19)13-18(2)3/h5-8,14,17,20H,4,9-13H2,1-3H3/t17-/m0/s1. The Morgan fingerprint density at radius 2 is 1.80 bits per heavy atom. The minimum atomic E-state index is -0.324. The van der Waals surface area contributed by atoms with Crippen molar-refractivity contribution in [2.45, 2.75) is 32.3 Å². The predicted octanol–water partition coefficient (Wildman–Crippen LogP) is 2.91. The molecule has 0 amide bonds. The largest absolute Gasteiger partial charge is 0.388 e. The van der Waals surface area contributed by atoms with Gasteiger partial charge in [-0.15, -0.1) is 0 Å². The first kappa shape index (κ1) is 15.3. The Balaban J connectivity index is 1.90. The first-order chi connectivity index (χ1) is 9.60. The Labute approximate surface area is 123 Å². The Kier molecular flexibility index (Phi) is 5.44. The molecule has 0 radical (unpaired) electrons. The highest BCUT2D eigenvalue weighted by atomic mass is 16.3. The lowest BCUT2D eigenvalue weighted by molar-refractivity contribution is 0.173. The second kappa shape index (κ2) is 7.09. The summed E-state index contributed by atoms with van der Waals surface area (Å²) in [5.41, 5.74) is 2.32. The van der Waals surface area contributed by atoms with Crippen molar-refractivity contribution in [2.24, 2.45) is 5.92 Å². The number of piperidine rings is 1. The molecule has 1 aromatic rings. The van der Waals surface area contributed by atoms with Gasteiger partial charge in [0, 0.05) is 25.3 Å². The van der Waals surface area contributed by atoms with Gasteiger partial charge in [0.25, 0.3) is 0 Å². The van der Waals surface area contributed by atoms with Gasteiger partial charge in [0.2, 0.25) is 0 Å². The number of aliphatic hydroxyl groups is 1. The fourth-order valence-corrected chi connectivity index (χ4v) is 3.03. The van der Waals surface area contributed by atoms with Gasteiger partial charge in [-0.2, -0.15) is 0 Å². The summed E-state index contributed by atoms with van der Waals surface area (Å²) in [4.78, 5) is 4.76. The van der Waals surface area contributed by atoms with Crippen molar-refractivity contribution in [3.05, 3.63) is 29.8 Å². The van der Waals surface area contributed by atoms with Gasteiger partial charge in [-0.3, -0.25) is 0 Å². The molecule has 0 aliphatic carbocycles. The van der Waals surface area contributed by atoms with E-state index in [1.54, 1.807) is 0 Å². The smallest absolute Gasteiger partial charge is 0.0787 e. The third kappa shape index (κ3) is 3.97. The zero-order valence-corrected chi connectivity index (χ0v) is 13.0. The lowest BCUT2D eigenvalue weighted by atomic mass is 9.96. The van der Waals surface area contributed by atoms with Crippen LogP contribution >= 0.6 is 0 Å². The molecule has 3 heteroatoms. The van der Waals surface area contributed by atoms with Crippen molar-refractivity contribution >= 4 is 5.69 Å². The summed E-state index contributed by atoms with van der Waals surface area (Å²) in [5, 5.41) is 9.83. The second-order valence-electron chi connectivity index (χ2n) is 6.21. The second-order valence-corrected chi connectivity index (χ2v) is 6.21. The summed E-state index contributed by atoms with van der Waals surface area (Å²) in [5.74, 6) is 0.836. The molecule has 1 heterocycles. The molecule has 1 aromatic carbocycles. The van der Waals surface area contributed by atoms with Gasteiger partial charge in [0.1, 0.15) is 0 Å². The molecule has 0 bridgehead atoms. The average molecular weight is 276 g/mol. The summed E-state index contributed by atoms with van der Waals surface area (Å²) in [7, 11) is 4.31. The maximum Gasteiger partial charge on any atom is 0.0787 e. The number of hydrogen-bond donors (Lipinski definition) is 1. The van der Waals surface area contributed by atoms with E-state index in [2.05, 4.69) is 48.2 Å². The number of aliphatic hydroxyl groups excluding tert-OH is 1. The topological polar surface area (TPSA) is 26.7 Å². The average Bonchev–Trinajstić information content (AvgIpc) is 2.47. The van der Waals surface area contributed by atoms with Crippen LogP contribution in [0.5, 0.6) is 0 Å². The van der Waals surface area contributed by atoms with Crippen LogP contribution in [0.1, 0.15) is 37.9 Å². The summed E-state index contributed by atoms with van der Waals surface area (Å²) in [6, 6.07) is 8.44. The zero-order chi connectivity index (χ0) is 14.5. The van der Waals surface area contributed by atoms with Crippen molar-refractivity contribution in [2.75, 3.05) is 38.6 Å². The van der Waals surface area contributed by atoms with Crippen LogP contribution in [0.25, 0.3) is 0 Å². The minimum Gasteiger partial charge on any atom is -0.388 e. The quantitative estimate of drug-likeness (QED) is 0.896. The van der Waals surface area contributed by atoms with E-state index >= 15 is 0 Å². The van der Waals surface area contributed by atoms with Crippen LogP contribution < -0.4 is 4.90 Å². The third-order valence-electron chi connectivity index (χ3n) is 4.27. The van der Waals surface area contributed by atoms with E-state index in [0.717, 1.165) is 31.0 Å². The first-order valence-electron chi connectivity index (χ1n) is 7.78. The van der Waals surface area contributed by atoms with E-state index in [9.17, 15) is 5.11 Å². The van der Waals surface area contributed by atoms with Crippen LogP contribution in [0.15, 0.2) is 24.3 Å². The molecule has 112 valence electrons. The lowest BCUT2D eigenvalue weighted by Gasteiger charge is -2.34. The lowest BCUT2D eigenvalue weighted by Crippen LogP contribution is -2.37. The maximum absolute atomic E-state index is 9.83. The Hall–Kier alpha value is -1.06. The molecule has 1 fully saturated rings. The monoisotopic (exact) mass is 276 g/mol. The molecule has 0 spiro atoms. The molecule has 1 N–H and O–H groups in total. The zero-order valence-electron chi connectivity index (χ0n) is 13.0. The highest BCUT2D eigenvalue weighted by Crippen LogP contribution is 2.25. The van der Waals surface area contributed by atoms with Crippen molar-refractivity contribution < 1.29 is 5.11 Å². The van der Waals surface area contributed by atoms with Crippen LogP contribution in [-0.4, -0.2) is 43.7 Å². The summed E-state index contributed by atoms with van der Waals surface area (Å²) < 4.78 is 0. The van der Waals surface area contributed by atoms with Crippen LogP contribution in [-0.2, 0) is 0 Å². The first-order valence-corrected chi connectivity index (χ1v) is 7.78. The number of hydrogen-bond acceptors (Lipinski definition) is 3. The molecule has 1 saturated heterocycles. The van der Waals surface area contributed by atoms with Crippen molar-refractivity contribution in [3.8, 4) is 0 Å². The van der Waals surface area contributed by atoms with Crippen LogP contribution in [0.2, 0.25) is 0 Å².